The second-order valence-electron chi connectivity index (χ2n) is 5.53. The van der Waals surface area contributed by atoms with E-state index in [1.807, 2.05) is 18.7 Å². The van der Waals surface area contributed by atoms with Gasteiger partial charge in [0.25, 0.3) is 0 Å². The summed E-state index contributed by atoms with van der Waals surface area (Å²) in [5, 5.41) is 3.22. The Labute approximate surface area is 120 Å². The quantitative estimate of drug-likeness (QED) is 0.831. The lowest BCUT2D eigenvalue weighted by atomic mass is 10.1. The van der Waals surface area contributed by atoms with E-state index in [1.165, 1.54) is 12.1 Å². The van der Waals surface area contributed by atoms with Crippen LogP contribution in [0.4, 0.5) is 4.39 Å². The molecule has 1 aromatic rings. The third-order valence-corrected chi connectivity index (χ3v) is 3.66. The summed E-state index contributed by atoms with van der Waals surface area (Å²) < 4.78 is 12.9. The van der Waals surface area contributed by atoms with Crippen molar-refractivity contribution < 1.29 is 9.18 Å². The molecule has 20 heavy (non-hydrogen) atoms. The molecule has 1 fully saturated rings. The van der Waals surface area contributed by atoms with Crippen molar-refractivity contribution in [3.63, 3.8) is 0 Å². The summed E-state index contributed by atoms with van der Waals surface area (Å²) in [5.74, 6) is -0.0627. The van der Waals surface area contributed by atoms with Gasteiger partial charge in [-0.1, -0.05) is 26.0 Å². The van der Waals surface area contributed by atoms with Crippen LogP contribution in [-0.4, -0.2) is 29.9 Å². The molecule has 4 heteroatoms. The number of amides is 1. The molecule has 0 spiro atoms. The van der Waals surface area contributed by atoms with Gasteiger partial charge in [-0.25, -0.2) is 4.39 Å². The Morgan fingerprint density at radius 1 is 1.40 bits per heavy atom. The monoisotopic (exact) mass is 278 g/mol. The van der Waals surface area contributed by atoms with Crippen molar-refractivity contribution in [2.45, 2.75) is 39.3 Å². The second-order valence-corrected chi connectivity index (χ2v) is 5.53. The van der Waals surface area contributed by atoms with Gasteiger partial charge in [-0.05, 0) is 37.1 Å². The summed E-state index contributed by atoms with van der Waals surface area (Å²) in [6.45, 7) is 6.17. The summed E-state index contributed by atoms with van der Waals surface area (Å²) in [6.07, 6.45) is 2.17. The van der Waals surface area contributed by atoms with Gasteiger partial charge >= 0.3 is 0 Å². The van der Waals surface area contributed by atoms with Crippen molar-refractivity contribution in [3.8, 4) is 0 Å². The molecule has 0 heterocycles. The minimum absolute atomic E-state index is 0.0176. The molecular weight excluding hydrogens is 255 g/mol. The van der Waals surface area contributed by atoms with E-state index >= 15 is 0 Å². The van der Waals surface area contributed by atoms with E-state index in [9.17, 15) is 9.18 Å². The fourth-order valence-corrected chi connectivity index (χ4v) is 2.29. The van der Waals surface area contributed by atoms with Gasteiger partial charge < -0.3 is 10.2 Å². The average molecular weight is 278 g/mol. The Morgan fingerprint density at radius 3 is 2.60 bits per heavy atom. The van der Waals surface area contributed by atoms with E-state index < -0.39 is 0 Å². The smallest absolute Gasteiger partial charge is 0.227 e. The van der Waals surface area contributed by atoms with Crippen LogP contribution in [0.1, 0.15) is 32.3 Å². The second kappa shape index (κ2) is 6.84. The van der Waals surface area contributed by atoms with Gasteiger partial charge in [-0.15, -0.1) is 0 Å². The fourth-order valence-electron chi connectivity index (χ4n) is 2.29. The molecule has 1 aliphatic carbocycles. The van der Waals surface area contributed by atoms with E-state index in [4.69, 9.17) is 0 Å². The number of benzene rings is 1. The predicted octanol–water partition coefficient (Wildman–Crippen LogP) is 2.56. The first-order valence-electron chi connectivity index (χ1n) is 7.37. The molecule has 0 bridgehead atoms. The van der Waals surface area contributed by atoms with Crippen molar-refractivity contribution in [2.75, 3.05) is 13.1 Å². The minimum Gasteiger partial charge on any atom is -0.335 e. The number of carbonyl (C=O) groups is 1. The maximum absolute atomic E-state index is 12.9. The lowest BCUT2D eigenvalue weighted by molar-refractivity contribution is -0.136. The molecule has 1 saturated carbocycles. The SMILES string of the molecule is CCNCC(C)C(=O)N(Cc1ccc(F)cc1)C1CC1. The van der Waals surface area contributed by atoms with Crippen LogP contribution in [0, 0.1) is 11.7 Å². The van der Waals surface area contributed by atoms with Crippen LogP contribution in [0.3, 0.4) is 0 Å². The van der Waals surface area contributed by atoms with E-state index in [0.717, 1.165) is 24.9 Å². The Morgan fingerprint density at radius 2 is 2.05 bits per heavy atom. The first-order chi connectivity index (χ1) is 9.61. The molecule has 0 radical (unpaired) electrons. The minimum atomic E-state index is -0.237. The van der Waals surface area contributed by atoms with Crippen molar-refractivity contribution in [1.29, 1.82) is 0 Å². The van der Waals surface area contributed by atoms with Crippen molar-refractivity contribution in [3.05, 3.63) is 35.6 Å². The number of carbonyl (C=O) groups excluding carboxylic acids is 1. The van der Waals surface area contributed by atoms with Gasteiger partial charge in [0.05, 0.1) is 0 Å². The highest BCUT2D eigenvalue weighted by atomic mass is 19.1. The summed E-state index contributed by atoms with van der Waals surface area (Å²) in [4.78, 5) is 14.5. The zero-order chi connectivity index (χ0) is 14.5. The highest BCUT2D eigenvalue weighted by Gasteiger charge is 2.34. The number of hydrogen-bond acceptors (Lipinski definition) is 2. The third-order valence-electron chi connectivity index (χ3n) is 3.66. The van der Waals surface area contributed by atoms with E-state index in [1.54, 1.807) is 12.1 Å². The molecule has 0 aliphatic heterocycles. The van der Waals surface area contributed by atoms with Crippen LogP contribution in [0.15, 0.2) is 24.3 Å². The Kier molecular flexibility index (Phi) is 5.12. The van der Waals surface area contributed by atoms with Crippen LogP contribution in [-0.2, 0) is 11.3 Å². The molecule has 0 aromatic heterocycles. The Hall–Kier alpha value is -1.42. The number of nitrogens with zero attached hydrogens (tertiary/aromatic N) is 1. The number of nitrogens with one attached hydrogen (secondary N) is 1. The molecule has 1 aromatic carbocycles. The largest absolute Gasteiger partial charge is 0.335 e. The number of rotatable bonds is 7. The molecule has 110 valence electrons. The lowest BCUT2D eigenvalue weighted by Crippen LogP contribution is -2.40. The van der Waals surface area contributed by atoms with Gasteiger partial charge in [-0.2, -0.15) is 0 Å². The molecule has 1 atom stereocenters. The first-order valence-corrected chi connectivity index (χ1v) is 7.37. The summed E-state index contributed by atoms with van der Waals surface area (Å²) in [6, 6.07) is 6.79. The average Bonchev–Trinajstić information content (AvgIpc) is 3.28. The maximum atomic E-state index is 12.9. The molecule has 1 N–H and O–H groups in total. The highest BCUT2D eigenvalue weighted by Crippen LogP contribution is 2.29. The lowest BCUT2D eigenvalue weighted by Gasteiger charge is -2.26. The van der Waals surface area contributed by atoms with Crippen LogP contribution in [0.5, 0.6) is 0 Å². The van der Waals surface area contributed by atoms with Crippen LogP contribution >= 0.6 is 0 Å². The van der Waals surface area contributed by atoms with Crippen LogP contribution < -0.4 is 5.32 Å². The van der Waals surface area contributed by atoms with Crippen molar-refractivity contribution >= 4 is 5.91 Å². The van der Waals surface area contributed by atoms with Gasteiger partial charge in [-0.3, -0.25) is 4.79 Å². The molecule has 1 aliphatic rings. The van der Waals surface area contributed by atoms with Crippen LogP contribution in [0.25, 0.3) is 0 Å². The van der Waals surface area contributed by atoms with Gasteiger partial charge in [0.2, 0.25) is 5.91 Å². The van der Waals surface area contributed by atoms with Gasteiger partial charge in [0.1, 0.15) is 5.82 Å². The van der Waals surface area contributed by atoms with E-state index in [2.05, 4.69) is 5.32 Å². The summed E-state index contributed by atoms with van der Waals surface area (Å²) in [7, 11) is 0. The fraction of sp³-hybridized carbons (Fsp3) is 0.562. The Balaban J connectivity index is 1.99. The normalized spacial score (nSPS) is 15.9. The van der Waals surface area contributed by atoms with Gasteiger partial charge in [0, 0.05) is 25.0 Å². The Bertz CT molecular complexity index is 442. The first kappa shape index (κ1) is 15.0. The summed E-state index contributed by atoms with van der Waals surface area (Å²) >= 11 is 0. The van der Waals surface area contributed by atoms with E-state index in [0.29, 0.717) is 19.1 Å². The van der Waals surface area contributed by atoms with Gasteiger partial charge in [0.15, 0.2) is 0 Å². The van der Waals surface area contributed by atoms with Crippen molar-refractivity contribution in [2.24, 2.45) is 5.92 Å². The molecular formula is C16H23FN2O. The third kappa shape index (κ3) is 4.04. The zero-order valence-electron chi connectivity index (χ0n) is 12.2. The van der Waals surface area contributed by atoms with E-state index in [-0.39, 0.29) is 17.6 Å². The van der Waals surface area contributed by atoms with Crippen molar-refractivity contribution in [1.82, 2.24) is 10.2 Å². The number of halogens is 1. The summed E-state index contributed by atoms with van der Waals surface area (Å²) in [5.41, 5.74) is 0.988. The maximum Gasteiger partial charge on any atom is 0.227 e. The molecule has 3 nitrogen and oxygen atoms in total. The molecule has 1 amide bonds. The zero-order valence-corrected chi connectivity index (χ0v) is 12.2. The molecule has 2 rings (SSSR count). The number of hydrogen-bond donors (Lipinski definition) is 1. The topological polar surface area (TPSA) is 32.3 Å². The van der Waals surface area contributed by atoms with Crippen LogP contribution in [0.2, 0.25) is 0 Å². The standard InChI is InChI=1S/C16H23FN2O/c1-3-18-10-12(2)16(20)19(15-8-9-15)11-13-4-6-14(17)7-5-13/h4-7,12,15,18H,3,8-11H2,1-2H3. The predicted molar refractivity (Wildman–Crippen MR) is 77.7 cm³/mol. The highest BCUT2D eigenvalue weighted by molar-refractivity contribution is 5.79. The molecule has 1 unspecified atom stereocenters. The molecule has 0 saturated heterocycles.